The summed E-state index contributed by atoms with van der Waals surface area (Å²) in [6.07, 6.45) is 6.35. The van der Waals surface area contributed by atoms with Crippen molar-refractivity contribution >= 4 is 32.4 Å². The summed E-state index contributed by atoms with van der Waals surface area (Å²) in [5, 5.41) is 7.65. The van der Waals surface area contributed by atoms with E-state index in [1.165, 1.54) is 6.92 Å². The van der Waals surface area contributed by atoms with E-state index in [2.05, 4.69) is 30.3 Å². The van der Waals surface area contributed by atoms with E-state index in [9.17, 15) is 8.42 Å². The third-order valence-corrected chi connectivity index (χ3v) is 6.72. The van der Waals surface area contributed by atoms with Crippen molar-refractivity contribution in [2.24, 2.45) is 0 Å². The Morgan fingerprint density at radius 2 is 1.89 bits per heavy atom. The van der Waals surface area contributed by atoms with Gasteiger partial charge in [-0.3, -0.25) is 4.72 Å². The predicted octanol–water partition coefficient (Wildman–Crippen LogP) is 4.47. The van der Waals surface area contributed by atoms with Gasteiger partial charge in [-0.25, -0.2) is 27.8 Å². The molecule has 0 amide bonds. The van der Waals surface area contributed by atoms with Crippen LogP contribution in [0.15, 0.2) is 54.9 Å². The number of rotatable bonds is 7. The van der Waals surface area contributed by atoms with Crippen LogP contribution in [0.25, 0.3) is 22.0 Å². The number of halogens is 1. The molecular formula is C26H27FN6O3S. The van der Waals surface area contributed by atoms with Gasteiger partial charge in [-0.05, 0) is 44.5 Å². The van der Waals surface area contributed by atoms with Crippen LogP contribution in [0.2, 0.25) is 0 Å². The molecule has 192 valence electrons. The maximum atomic E-state index is 15.5. The molecule has 1 aliphatic rings. The van der Waals surface area contributed by atoms with Crippen LogP contribution in [-0.4, -0.2) is 48.8 Å². The van der Waals surface area contributed by atoms with Gasteiger partial charge in [-0.2, -0.15) is 0 Å². The van der Waals surface area contributed by atoms with Crippen LogP contribution in [0.1, 0.15) is 18.4 Å². The molecule has 0 radical (unpaired) electrons. The zero-order chi connectivity index (χ0) is 26.0. The Morgan fingerprint density at radius 1 is 1.08 bits per heavy atom. The van der Waals surface area contributed by atoms with Crippen LogP contribution in [0, 0.1) is 12.7 Å². The van der Waals surface area contributed by atoms with E-state index in [1.54, 1.807) is 48.8 Å². The van der Waals surface area contributed by atoms with Gasteiger partial charge in [-0.1, -0.05) is 24.3 Å². The van der Waals surface area contributed by atoms with Crippen molar-refractivity contribution in [3.63, 3.8) is 0 Å². The minimum absolute atomic E-state index is 0.118. The summed E-state index contributed by atoms with van der Waals surface area (Å²) in [4.78, 5) is 13.4. The molecule has 5 rings (SSSR count). The molecule has 3 N–H and O–H groups in total. The molecule has 0 saturated carbocycles. The number of hydrogen-bond donors (Lipinski definition) is 3. The summed E-state index contributed by atoms with van der Waals surface area (Å²) >= 11 is 0. The number of sulfonamides is 1. The highest BCUT2D eigenvalue weighted by Crippen LogP contribution is 2.41. The normalized spacial score (nSPS) is 15.9. The van der Waals surface area contributed by atoms with Crippen LogP contribution < -0.4 is 20.1 Å². The van der Waals surface area contributed by atoms with E-state index in [4.69, 9.17) is 4.74 Å². The summed E-state index contributed by atoms with van der Waals surface area (Å²) in [5.41, 5.74) is 1.24. The second-order valence-electron chi connectivity index (χ2n) is 8.97. The average Bonchev–Trinajstić information content (AvgIpc) is 2.89. The second kappa shape index (κ2) is 10.3. The quantitative estimate of drug-likeness (QED) is 0.326. The van der Waals surface area contributed by atoms with E-state index in [0.29, 0.717) is 28.0 Å². The lowest BCUT2D eigenvalue weighted by molar-refractivity contribution is 0.461. The van der Waals surface area contributed by atoms with Crippen molar-refractivity contribution in [3.05, 3.63) is 66.2 Å². The molecule has 9 nitrogen and oxygen atoms in total. The number of nitrogens with zero attached hydrogens (tertiary/aromatic N) is 3. The molecule has 1 fully saturated rings. The Balaban J connectivity index is 1.54. The van der Waals surface area contributed by atoms with Crippen LogP contribution in [0.3, 0.4) is 0 Å². The first-order valence-corrected chi connectivity index (χ1v) is 13.8. The molecule has 2 aromatic carbocycles. The molecule has 2 aromatic heterocycles. The number of fused-ring (bicyclic) bond motifs is 1. The van der Waals surface area contributed by atoms with Crippen LogP contribution in [0.4, 0.5) is 16.0 Å². The van der Waals surface area contributed by atoms with Crippen molar-refractivity contribution in [1.29, 1.82) is 0 Å². The zero-order valence-corrected chi connectivity index (χ0v) is 21.3. The molecule has 1 atom stereocenters. The zero-order valence-electron chi connectivity index (χ0n) is 20.5. The highest BCUT2D eigenvalue weighted by molar-refractivity contribution is 7.92. The number of nitrogens with one attached hydrogen (secondary N) is 3. The lowest BCUT2D eigenvalue weighted by atomic mass is 10.0. The first kappa shape index (κ1) is 24.8. The molecule has 0 spiro atoms. The standard InChI is InChI=1S/C26H27FN6O3S/c1-16-22(27)23(33-37(2,34)35)18-8-3-4-9-19(18)24(16)36-25-20(10-6-13-29-25)21-11-14-30-26(32-21)31-17-7-5-12-28-15-17/h3-4,6,8-11,13-14,17,28,33H,5,7,12,15H2,1-2H3,(H,30,31,32). The molecule has 0 bridgehead atoms. The number of anilines is 2. The van der Waals surface area contributed by atoms with Crippen molar-refractivity contribution in [3.8, 4) is 22.9 Å². The molecule has 11 heteroatoms. The molecule has 37 heavy (non-hydrogen) atoms. The van der Waals surface area contributed by atoms with Gasteiger partial charge in [-0.15, -0.1) is 0 Å². The fraction of sp³-hybridized carbons (Fsp3) is 0.269. The maximum Gasteiger partial charge on any atom is 0.229 e. The van der Waals surface area contributed by atoms with Gasteiger partial charge in [0.05, 0.1) is 23.2 Å². The first-order chi connectivity index (χ1) is 17.8. The summed E-state index contributed by atoms with van der Waals surface area (Å²) in [5.74, 6) is 0.270. The summed E-state index contributed by atoms with van der Waals surface area (Å²) < 4.78 is 47.8. The lowest BCUT2D eigenvalue weighted by Crippen LogP contribution is -2.38. The molecule has 0 aliphatic carbocycles. The number of hydrogen-bond acceptors (Lipinski definition) is 8. The maximum absolute atomic E-state index is 15.5. The first-order valence-electron chi connectivity index (χ1n) is 11.9. The fourth-order valence-electron chi connectivity index (χ4n) is 4.42. The number of pyridine rings is 1. The van der Waals surface area contributed by atoms with E-state index < -0.39 is 15.8 Å². The Morgan fingerprint density at radius 3 is 2.65 bits per heavy atom. The van der Waals surface area contributed by atoms with Crippen molar-refractivity contribution in [2.75, 3.05) is 29.4 Å². The summed E-state index contributed by atoms with van der Waals surface area (Å²) in [6.45, 7) is 3.39. The third-order valence-electron chi connectivity index (χ3n) is 6.15. The largest absolute Gasteiger partial charge is 0.437 e. The Bertz CT molecular complexity index is 1560. The predicted molar refractivity (Wildman–Crippen MR) is 142 cm³/mol. The van der Waals surface area contributed by atoms with Gasteiger partial charge in [0.1, 0.15) is 5.75 Å². The van der Waals surface area contributed by atoms with E-state index in [1.807, 2.05) is 6.07 Å². The highest BCUT2D eigenvalue weighted by Gasteiger charge is 2.22. The van der Waals surface area contributed by atoms with E-state index in [0.717, 1.165) is 32.2 Å². The Kier molecular flexibility index (Phi) is 6.90. The van der Waals surface area contributed by atoms with Gasteiger partial charge < -0.3 is 15.4 Å². The minimum atomic E-state index is -3.70. The minimum Gasteiger partial charge on any atom is -0.437 e. The SMILES string of the molecule is Cc1c(F)c(NS(C)(=O)=O)c2ccccc2c1Oc1ncccc1-c1ccnc(NC2CCCNC2)n1. The van der Waals surface area contributed by atoms with Gasteiger partial charge >= 0.3 is 0 Å². The van der Waals surface area contributed by atoms with Crippen molar-refractivity contribution < 1.29 is 17.5 Å². The second-order valence-corrected chi connectivity index (χ2v) is 10.7. The van der Waals surface area contributed by atoms with Gasteiger partial charge in [0.2, 0.25) is 21.9 Å². The van der Waals surface area contributed by atoms with Crippen molar-refractivity contribution in [2.45, 2.75) is 25.8 Å². The monoisotopic (exact) mass is 522 g/mol. The fourth-order valence-corrected chi connectivity index (χ4v) is 4.99. The van der Waals surface area contributed by atoms with Gasteiger partial charge in [0, 0.05) is 41.3 Å². The van der Waals surface area contributed by atoms with Gasteiger partial charge in [0.15, 0.2) is 5.82 Å². The Hall–Kier alpha value is -3.83. The topological polar surface area (TPSA) is 118 Å². The number of aromatic nitrogens is 3. The average molecular weight is 523 g/mol. The molecule has 1 unspecified atom stereocenters. The van der Waals surface area contributed by atoms with E-state index in [-0.39, 0.29) is 28.9 Å². The molecule has 3 heterocycles. The Labute approximate surface area is 214 Å². The molecular weight excluding hydrogens is 495 g/mol. The number of benzene rings is 2. The number of ether oxygens (including phenoxy) is 1. The molecule has 4 aromatic rings. The van der Waals surface area contributed by atoms with Crippen LogP contribution in [-0.2, 0) is 10.0 Å². The van der Waals surface area contributed by atoms with Crippen molar-refractivity contribution in [1.82, 2.24) is 20.3 Å². The molecule has 1 aliphatic heterocycles. The van der Waals surface area contributed by atoms with Crippen LogP contribution in [0.5, 0.6) is 11.6 Å². The lowest BCUT2D eigenvalue weighted by Gasteiger charge is -2.23. The summed E-state index contributed by atoms with van der Waals surface area (Å²) in [7, 11) is -3.70. The third kappa shape index (κ3) is 5.47. The smallest absolute Gasteiger partial charge is 0.229 e. The van der Waals surface area contributed by atoms with E-state index >= 15 is 4.39 Å². The number of piperidine rings is 1. The highest BCUT2D eigenvalue weighted by atomic mass is 32.2. The molecule has 1 saturated heterocycles. The van der Waals surface area contributed by atoms with Gasteiger partial charge in [0.25, 0.3) is 0 Å². The summed E-state index contributed by atoms with van der Waals surface area (Å²) in [6, 6.07) is 12.5. The van der Waals surface area contributed by atoms with Crippen LogP contribution >= 0.6 is 0 Å².